The highest BCUT2D eigenvalue weighted by Gasteiger charge is 2.25. The topological polar surface area (TPSA) is 81.4 Å². The third-order valence-corrected chi connectivity index (χ3v) is 5.45. The van der Waals surface area contributed by atoms with E-state index < -0.39 is 18.4 Å². The quantitative estimate of drug-likeness (QED) is 0.770. The Kier molecular flexibility index (Phi) is 5.51. The highest BCUT2D eigenvalue weighted by molar-refractivity contribution is 7.17. The summed E-state index contributed by atoms with van der Waals surface area (Å²) in [7, 11) is 0. The molecule has 2 amide bonds. The van der Waals surface area contributed by atoms with Gasteiger partial charge in [0.15, 0.2) is 0 Å². The largest absolute Gasteiger partial charge is 0.434 e. The highest BCUT2D eigenvalue weighted by atomic mass is 32.1. The summed E-state index contributed by atoms with van der Waals surface area (Å²) >= 11 is 1.32. The summed E-state index contributed by atoms with van der Waals surface area (Å²) < 4.78 is 29.5. The number of hydrogen-bond donors (Lipinski definition) is 2. The minimum absolute atomic E-state index is 0.0354. The second-order valence-electron chi connectivity index (χ2n) is 5.96. The number of rotatable bonds is 5. The van der Waals surface area contributed by atoms with E-state index in [4.69, 9.17) is 5.73 Å². The fraction of sp³-hybridized carbons (Fsp3) is 0.333. The second-order valence-corrected chi connectivity index (χ2v) is 7.07. The molecule has 26 heavy (non-hydrogen) atoms. The predicted molar refractivity (Wildman–Crippen MR) is 95.1 cm³/mol. The number of alkyl halides is 2. The van der Waals surface area contributed by atoms with E-state index in [9.17, 15) is 18.4 Å². The van der Waals surface area contributed by atoms with E-state index in [1.54, 1.807) is 6.07 Å². The molecule has 0 saturated carbocycles. The number of nitrogens with two attached hydrogens (primary N) is 1. The molecular weight excluding hydrogens is 362 g/mol. The first-order valence-electron chi connectivity index (χ1n) is 8.27. The van der Waals surface area contributed by atoms with Crippen LogP contribution in [0.15, 0.2) is 24.3 Å². The number of halogens is 2. The average molecular weight is 380 g/mol. The summed E-state index contributed by atoms with van der Waals surface area (Å²) in [4.78, 5) is 25.6. The number of ether oxygens (including phenoxy) is 1. The molecule has 1 heterocycles. The van der Waals surface area contributed by atoms with Crippen molar-refractivity contribution < 1.29 is 23.1 Å². The summed E-state index contributed by atoms with van der Waals surface area (Å²) in [5.74, 6) is -1.45. The lowest BCUT2D eigenvalue weighted by molar-refractivity contribution is -0.0501. The fourth-order valence-corrected chi connectivity index (χ4v) is 4.40. The van der Waals surface area contributed by atoms with Gasteiger partial charge in [0.05, 0.1) is 11.1 Å². The van der Waals surface area contributed by atoms with Gasteiger partial charge in [0.1, 0.15) is 10.8 Å². The van der Waals surface area contributed by atoms with Crippen molar-refractivity contribution in [3.63, 3.8) is 0 Å². The zero-order valence-electron chi connectivity index (χ0n) is 13.9. The lowest BCUT2D eigenvalue weighted by Gasteiger charge is -2.11. The molecule has 1 aromatic carbocycles. The standard InChI is InChI=1S/C18H18F2N2O3S/c19-18(20)25-12-8-5-4-6-10(12)16(24)22-17-14(15(21)23)11-7-2-1-3-9-13(11)26-17/h4-6,8,18H,1-3,7,9H2,(H2,21,23)(H,22,24). The number of thiophene rings is 1. The molecule has 2 aromatic rings. The van der Waals surface area contributed by atoms with Gasteiger partial charge in [0.25, 0.3) is 11.8 Å². The number of aryl methyl sites for hydroxylation is 1. The summed E-state index contributed by atoms with van der Waals surface area (Å²) in [5, 5.41) is 3.02. The van der Waals surface area contributed by atoms with Gasteiger partial charge in [-0.3, -0.25) is 9.59 Å². The van der Waals surface area contributed by atoms with Gasteiger partial charge in [-0.15, -0.1) is 11.3 Å². The number of benzene rings is 1. The molecule has 0 saturated heterocycles. The molecule has 3 N–H and O–H groups in total. The second kappa shape index (κ2) is 7.82. The van der Waals surface area contributed by atoms with Gasteiger partial charge in [0.2, 0.25) is 0 Å². The van der Waals surface area contributed by atoms with Crippen LogP contribution in [0.5, 0.6) is 5.75 Å². The van der Waals surface area contributed by atoms with Crippen molar-refractivity contribution in [1.82, 2.24) is 0 Å². The first-order chi connectivity index (χ1) is 12.5. The van der Waals surface area contributed by atoms with Crippen molar-refractivity contribution in [1.29, 1.82) is 0 Å². The molecule has 0 atom stereocenters. The first-order valence-corrected chi connectivity index (χ1v) is 9.08. The number of fused-ring (bicyclic) bond motifs is 1. The van der Waals surface area contributed by atoms with Crippen LogP contribution in [0.2, 0.25) is 0 Å². The number of carbonyl (C=O) groups excluding carboxylic acids is 2. The molecule has 0 fully saturated rings. The minimum atomic E-state index is -3.04. The Bertz CT molecular complexity index is 836. The van der Waals surface area contributed by atoms with Gasteiger partial charge in [-0.05, 0) is 43.4 Å². The Hall–Kier alpha value is -2.48. The Labute approximate surface area is 153 Å². The van der Waals surface area contributed by atoms with E-state index in [1.165, 1.54) is 29.5 Å². The monoisotopic (exact) mass is 380 g/mol. The molecular formula is C18H18F2N2O3S. The summed E-state index contributed by atoms with van der Waals surface area (Å²) in [6.07, 6.45) is 4.64. The van der Waals surface area contributed by atoms with Crippen LogP contribution in [-0.4, -0.2) is 18.4 Å². The van der Waals surface area contributed by atoms with E-state index in [0.717, 1.165) is 42.5 Å². The Morgan fingerprint density at radius 3 is 2.62 bits per heavy atom. The normalized spacial score (nSPS) is 13.8. The van der Waals surface area contributed by atoms with Crippen molar-refractivity contribution in [2.24, 2.45) is 5.73 Å². The highest BCUT2D eigenvalue weighted by Crippen LogP contribution is 2.37. The van der Waals surface area contributed by atoms with E-state index >= 15 is 0 Å². The van der Waals surface area contributed by atoms with Crippen LogP contribution in [0.1, 0.15) is 50.4 Å². The third-order valence-electron chi connectivity index (χ3n) is 4.24. The van der Waals surface area contributed by atoms with E-state index in [1.807, 2.05) is 0 Å². The number of carbonyl (C=O) groups is 2. The van der Waals surface area contributed by atoms with Crippen molar-refractivity contribution >= 4 is 28.2 Å². The maximum absolute atomic E-state index is 12.6. The van der Waals surface area contributed by atoms with E-state index in [2.05, 4.69) is 10.1 Å². The van der Waals surface area contributed by atoms with Crippen molar-refractivity contribution in [3.05, 3.63) is 45.8 Å². The number of hydrogen-bond acceptors (Lipinski definition) is 4. The maximum Gasteiger partial charge on any atom is 0.387 e. The van der Waals surface area contributed by atoms with Crippen LogP contribution in [0.25, 0.3) is 0 Å². The SMILES string of the molecule is NC(=O)c1c(NC(=O)c2ccccc2OC(F)F)sc2c1CCCCC2. The van der Waals surface area contributed by atoms with Gasteiger partial charge in [-0.2, -0.15) is 8.78 Å². The molecule has 1 aliphatic carbocycles. The summed E-state index contributed by atoms with van der Waals surface area (Å²) in [5.41, 5.74) is 6.72. The Morgan fingerprint density at radius 2 is 1.88 bits per heavy atom. The molecule has 1 aromatic heterocycles. The number of primary amides is 1. The van der Waals surface area contributed by atoms with Gasteiger partial charge in [0, 0.05) is 4.88 Å². The number of para-hydroxylation sites is 1. The van der Waals surface area contributed by atoms with Crippen LogP contribution in [0.4, 0.5) is 13.8 Å². The first kappa shape index (κ1) is 18.3. The smallest absolute Gasteiger partial charge is 0.387 e. The fourth-order valence-electron chi connectivity index (χ4n) is 3.11. The minimum Gasteiger partial charge on any atom is -0.434 e. The molecule has 0 radical (unpaired) electrons. The number of amides is 2. The van der Waals surface area contributed by atoms with Gasteiger partial charge in [-0.25, -0.2) is 0 Å². The Morgan fingerprint density at radius 1 is 1.15 bits per heavy atom. The summed E-state index contributed by atoms with van der Waals surface area (Å²) in [6, 6.07) is 5.72. The zero-order valence-corrected chi connectivity index (χ0v) is 14.7. The van der Waals surface area contributed by atoms with Crippen LogP contribution in [-0.2, 0) is 12.8 Å². The molecule has 1 aliphatic rings. The van der Waals surface area contributed by atoms with Crippen LogP contribution >= 0.6 is 11.3 Å². The molecule has 8 heteroatoms. The Balaban J connectivity index is 1.92. The average Bonchev–Trinajstić information content (AvgIpc) is 2.76. The van der Waals surface area contributed by atoms with Crippen molar-refractivity contribution in [2.45, 2.75) is 38.7 Å². The van der Waals surface area contributed by atoms with Gasteiger partial charge >= 0.3 is 6.61 Å². The molecule has 0 bridgehead atoms. The molecule has 0 unspecified atom stereocenters. The zero-order chi connectivity index (χ0) is 18.7. The number of anilines is 1. The van der Waals surface area contributed by atoms with Crippen LogP contribution in [0, 0.1) is 0 Å². The summed E-state index contributed by atoms with van der Waals surface area (Å²) in [6.45, 7) is -3.04. The molecule has 0 aliphatic heterocycles. The molecule has 138 valence electrons. The third kappa shape index (κ3) is 3.85. The van der Waals surface area contributed by atoms with Crippen molar-refractivity contribution in [3.8, 4) is 5.75 Å². The van der Waals surface area contributed by atoms with Crippen molar-refractivity contribution in [2.75, 3.05) is 5.32 Å². The maximum atomic E-state index is 12.6. The van der Waals surface area contributed by atoms with Crippen LogP contribution in [0.3, 0.4) is 0 Å². The van der Waals surface area contributed by atoms with E-state index in [0.29, 0.717) is 10.6 Å². The lowest BCUT2D eigenvalue weighted by Crippen LogP contribution is -2.19. The number of nitrogens with one attached hydrogen (secondary N) is 1. The van der Waals surface area contributed by atoms with Crippen LogP contribution < -0.4 is 15.8 Å². The molecule has 0 spiro atoms. The van der Waals surface area contributed by atoms with Gasteiger partial charge < -0.3 is 15.8 Å². The van der Waals surface area contributed by atoms with Gasteiger partial charge in [-0.1, -0.05) is 18.6 Å². The predicted octanol–water partition coefficient (Wildman–Crippen LogP) is 3.97. The molecule has 5 nitrogen and oxygen atoms in total. The van der Waals surface area contributed by atoms with E-state index in [-0.39, 0.29) is 11.3 Å². The molecule has 3 rings (SSSR count). The lowest BCUT2D eigenvalue weighted by atomic mass is 10.1.